The first-order chi connectivity index (χ1) is 8.65. The lowest BCUT2D eigenvalue weighted by atomic mass is 10.0. The van der Waals surface area contributed by atoms with E-state index in [1.54, 1.807) is 13.1 Å². The second kappa shape index (κ2) is 6.54. The number of para-hydroxylation sites is 1. The Morgan fingerprint density at radius 3 is 2.84 bits per heavy atom. The van der Waals surface area contributed by atoms with Gasteiger partial charge in [-0.25, -0.2) is 9.18 Å². The maximum Gasteiger partial charge on any atom is 0.342 e. The van der Waals surface area contributed by atoms with Crippen LogP contribution in [-0.4, -0.2) is 23.7 Å². The van der Waals surface area contributed by atoms with Crippen LogP contribution in [0, 0.1) is 0 Å². The van der Waals surface area contributed by atoms with Gasteiger partial charge in [0, 0.05) is 17.1 Å². The van der Waals surface area contributed by atoms with Crippen LogP contribution in [0.15, 0.2) is 30.5 Å². The molecule has 1 heterocycles. The van der Waals surface area contributed by atoms with Gasteiger partial charge in [0.2, 0.25) is 6.17 Å². The van der Waals surface area contributed by atoms with Gasteiger partial charge in [-0.2, -0.15) is 0 Å². The third kappa shape index (κ3) is 3.05. The van der Waals surface area contributed by atoms with Gasteiger partial charge in [-0.3, -0.25) is 0 Å². The van der Waals surface area contributed by atoms with Crippen LogP contribution in [0.3, 0.4) is 0 Å². The third-order valence-corrected chi connectivity index (χ3v) is 2.81. The summed E-state index contributed by atoms with van der Waals surface area (Å²) in [6.07, 6.45) is -0.231. The quantitative estimate of drug-likeness (QED) is 0.849. The Labute approximate surface area is 116 Å². The zero-order valence-electron chi connectivity index (χ0n) is 10.4. The molecule has 19 heavy (non-hydrogen) atoms. The monoisotopic (exact) mass is 286 g/mol. The van der Waals surface area contributed by atoms with Crippen molar-refractivity contribution in [1.29, 1.82) is 0 Å². The maximum absolute atomic E-state index is 13.9. The van der Waals surface area contributed by atoms with Gasteiger partial charge in [0.25, 0.3) is 0 Å². The minimum Gasteiger partial charge on any atom is -0.464 e. The molecule has 6 heteroatoms. The molecule has 0 fully saturated rings. The molecule has 1 unspecified atom stereocenters. The number of carbonyl (C=O) groups excluding carboxylic acids is 1. The highest BCUT2D eigenvalue weighted by molar-refractivity contribution is 5.85. The van der Waals surface area contributed by atoms with Crippen molar-refractivity contribution in [3.63, 3.8) is 0 Å². The summed E-state index contributed by atoms with van der Waals surface area (Å²) in [6.45, 7) is 1.77. The van der Waals surface area contributed by atoms with Crippen LogP contribution >= 0.6 is 12.4 Å². The Balaban J connectivity index is 0.00000180. The molecule has 0 aliphatic carbocycles. The van der Waals surface area contributed by atoms with Crippen molar-refractivity contribution in [3.8, 4) is 0 Å². The zero-order valence-corrected chi connectivity index (χ0v) is 11.2. The Morgan fingerprint density at radius 1 is 1.47 bits per heavy atom. The summed E-state index contributed by atoms with van der Waals surface area (Å²) in [4.78, 5) is 14.3. The van der Waals surface area contributed by atoms with Crippen molar-refractivity contribution >= 4 is 29.3 Å². The number of H-pyrrole nitrogens is 1. The van der Waals surface area contributed by atoms with Gasteiger partial charge < -0.3 is 15.5 Å². The molecule has 0 saturated carbocycles. The number of nitrogens with two attached hydrogens (primary N) is 1. The lowest BCUT2D eigenvalue weighted by Gasteiger charge is -2.14. The van der Waals surface area contributed by atoms with Gasteiger partial charge in [-0.05, 0) is 18.6 Å². The van der Waals surface area contributed by atoms with Gasteiger partial charge in [-0.1, -0.05) is 18.2 Å². The molecule has 0 aliphatic heterocycles. The average Bonchev–Trinajstić information content (AvgIpc) is 2.81. The molecule has 104 valence electrons. The fraction of sp³-hybridized carbons (Fsp3) is 0.308. The van der Waals surface area contributed by atoms with Crippen LogP contribution < -0.4 is 5.73 Å². The van der Waals surface area contributed by atoms with E-state index in [1.165, 1.54) is 0 Å². The van der Waals surface area contributed by atoms with E-state index in [2.05, 4.69) is 9.72 Å². The molecule has 0 amide bonds. The molecule has 0 radical (unpaired) electrons. The zero-order chi connectivity index (χ0) is 13.1. The Bertz CT molecular complexity index is 558. The van der Waals surface area contributed by atoms with E-state index < -0.39 is 18.2 Å². The third-order valence-electron chi connectivity index (χ3n) is 2.81. The molecule has 2 atom stereocenters. The van der Waals surface area contributed by atoms with E-state index >= 15 is 0 Å². The van der Waals surface area contributed by atoms with Crippen LogP contribution in [0.5, 0.6) is 0 Å². The highest BCUT2D eigenvalue weighted by atomic mass is 35.5. The number of nitrogens with one attached hydrogen (secondary N) is 1. The van der Waals surface area contributed by atoms with Crippen LogP contribution in [-0.2, 0) is 9.53 Å². The number of ether oxygens (including phenoxy) is 1. The summed E-state index contributed by atoms with van der Waals surface area (Å²) in [7, 11) is 0. The van der Waals surface area contributed by atoms with Crippen LogP contribution in [0.1, 0.15) is 18.5 Å². The normalized spacial score (nSPS) is 13.6. The largest absolute Gasteiger partial charge is 0.464 e. The fourth-order valence-electron chi connectivity index (χ4n) is 1.90. The molecule has 1 aromatic carbocycles. The van der Waals surface area contributed by atoms with Gasteiger partial charge >= 0.3 is 5.97 Å². The minimum absolute atomic E-state index is 0. The Kier molecular flexibility index (Phi) is 5.32. The second-order valence-electron chi connectivity index (χ2n) is 3.97. The number of hydrogen-bond donors (Lipinski definition) is 2. The summed E-state index contributed by atoms with van der Waals surface area (Å²) in [5.41, 5.74) is 7.22. The molecule has 0 bridgehead atoms. The molecule has 2 rings (SSSR count). The van der Waals surface area contributed by atoms with Crippen LogP contribution in [0.25, 0.3) is 10.9 Å². The van der Waals surface area contributed by atoms with Gasteiger partial charge in [0.05, 0.1) is 12.6 Å². The SMILES string of the molecule is CCOC(=O)C(F)[C@@H](N)c1c[nH]c2ccccc12.Cl. The molecule has 0 saturated heterocycles. The molecule has 0 spiro atoms. The maximum atomic E-state index is 13.9. The van der Waals surface area contributed by atoms with Gasteiger partial charge in [0.1, 0.15) is 0 Å². The number of carbonyl (C=O) groups is 1. The lowest BCUT2D eigenvalue weighted by molar-refractivity contribution is -0.149. The van der Waals surface area contributed by atoms with E-state index in [0.717, 1.165) is 10.9 Å². The first-order valence-electron chi connectivity index (χ1n) is 5.77. The van der Waals surface area contributed by atoms with E-state index in [-0.39, 0.29) is 19.0 Å². The number of fused-ring (bicyclic) bond motifs is 1. The summed E-state index contributed by atoms with van der Waals surface area (Å²) in [6, 6.07) is 6.37. The number of aromatic nitrogens is 1. The first-order valence-corrected chi connectivity index (χ1v) is 5.77. The van der Waals surface area contributed by atoms with Crippen molar-refractivity contribution in [2.45, 2.75) is 19.1 Å². The van der Waals surface area contributed by atoms with E-state index in [9.17, 15) is 9.18 Å². The summed E-state index contributed by atoms with van der Waals surface area (Å²) in [5.74, 6) is -0.921. The second-order valence-corrected chi connectivity index (χ2v) is 3.97. The number of esters is 1. The predicted octanol–water partition coefficient (Wildman–Crippen LogP) is 2.49. The molecular weight excluding hydrogens is 271 g/mol. The van der Waals surface area contributed by atoms with Crippen molar-refractivity contribution in [3.05, 3.63) is 36.0 Å². The number of alkyl halides is 1. The molecule has 0 aliphatic rings. The van der Waals surface area contributed by atoms with Crippen LogP contribution in [0.2, 0.25) is 0 Å². The van der Waals surface area contributed by atoms with E-state index in [0.29, 0.717) is 5.56 Å². The minimum atomic E-state index is -1.86. The molecule has 2 aromatic rings. The number of hydrogen-bond acceptors (Lipinski definition) is 3. The van der Waals surface area contributed by atoms with E-state index in [1.807, 2.05) is 24.3 Å². The van der Waals surface area contributed by atoms with Gasteiger partial charge in [0.15, 0.2) is 0 Å². The molecule has 1 aromatic heterocycles. The highest BCUT2D eigenvalue weighted by Crippen LogP contribution is 2.26. The van der Waals surface area contributed by atoms with Crippen molar-refractivity contribution in [2.75, 3.05) is 6.61 Å². The number of aromatic amines is 1. The smallest absolute Gasteiger partial charge is 0.342 e. The molecule has 3 N–H and O–H groups in total. The Morgan fingerprint density at radius 2 is 2.16 bits per heavy atom. The number of rotatable bonds is 4. The van der Waals surface area contributed by atoms with Crippen molar-refractivity contribution < 1.29 is 13.9 Å². The topological polar surface area (TPSA) is 68.1 Å². The highest BCUT2D eigenvalue weighted by Gasteiger charge is 2.29. The summed E-state index contributed by atoms with van der Waals surface area (Å²) in [5, 5.41) is 0.817. The molecule has 4 nitrogen and oxygen atoms in total. The summed E-state index contributed by atoms with van der Waals surface area (Å²) < 4.78 is 18.5. The predicted molar refractivity (Wildman–Crippen MR) is 74.0 cm³/mol. The fourth-order valence-corrected chi connectivity index (χ4v) is 1.90. The first kappa shape index (κ1) is 15.5. The van der Waals surface area contributed by atoms with Gasteiger partial charge in [-0.15, -0.1) is 12.4 Å². The van der Waals surface area contributed by atoms with Crippen LogP contribution in [0.4, 0.5) is 4.39 Å². The molecular formula is C13H16ClFN2O2. The summed E-state index contributed by atoms with van der Waals surface area (Å²) >= 11 is 0. The average molecular weight is 287 g/mol. The standard InChI is InChI=1S/C13H15FN2O2.ClH/c1-2-18-13(17)11(14)12(15)9-7-16-10-6-4-3-5-8(9)10;/h3-7,11-12,16H,2,15H2,1H3;1H/t11?,12-;/m0./s1. The number of benzene rings is 1. The Hall–Kier alpha value is -1.59. The van der Waals surface area contributed by atoms with Crippen molar-refractivity contribution in [2.24, 2.45) is 5.73 Å². The lowest BCUT2D eigenvalue weighted by Crippen LogP contribution is -2.31. The van der Waals surface area contributed by atoms with Crippen molar-refractivity contribution in [1.82, 2.24) is 4.98 Å². The number of halogens is 2. The van der Waals surface area contributed by atoms with E-state index in [4.69, 9.17) is 5.73 Å².